The van der Waals surface area contributed by atoms with Gasteiger partial charge in [-0.05, 0) is 23.8 Å². The highest BCUT2D eigenvalue weighted by Gasteiger charge is 2.30. The van der Waals surface area contributed by atoms with Crippen molar-refractivity contribution in [2.45, 2.75) is 11.4 Å². The van der Waals surface area contributed by atoms with Crippen molar-refractivity contribution in [2.24, 2.45) is 0 Å². The largest absolute Gasteiger partial charge is 0.289 e. The van der Waals surface area contributed by atoms with Crippen LogP contribution in [-0.4, -0.2) is 20.0 Å². The monoisotopic (exact) mass is 377 g/mol. The van der Waals surface area contributed by atoms with Crippen LogP contribution in [0.1, 0.15) is 37.4 Å². The fourth-order valence-corrected chi connectivity index (χ4v) is 4.15. The summed E-state index contributed by atoms with van der Waals surface area (Å²) in [6, 6.07) is 19.7. The van der Waals surface area contributed by atoms with Crippen LogP contribution >= 0.6 is 0 Å². The minimum Gasteiger partial charge on any atom is -0.289 e. The summed E-state index contributed by atoms with van der Waals surface area (Å²) in [6.45, 7) is 0.135. The molecule has 0 aromatic heterocycles. The Morgan fingerprint density at radius 2 is 1.22 bits per heavy atom. The first-order valence-electron chi connectivity index (χ1n) is 8.33. The molecule has 0 spiro atoms. The molecule has 0 fully saturated rings. The van der Waals surface area contributed by atoms with E-state index in [1.807, 2.05) is 30.3 Å². The highest BCUT2D eigenvalue weighted by atomic mass is 32.2. The molecule has 0 atom stereocenters. The van der Waals surface area contributed by atoms with Crippen LogP contribution in [0.5, 0.6) is 0 Å². The third-order valence-electron chi connectivity index (χ3n) is 4.52. The van der Waals surface area contributed by atoms with Gasteiger partial charge in [0.1, 0.15) is 0 Å². The molecule has 0 radical (unpaired) electrons. The fourth-order valence-electron chi connectivity index (χ4n) is 3.10. The Labute approximate surface area is 156 Å². The molecule has 0 unspecified atom stereocenters. The zero-order chi connectivity index (χ0) is 19.0. The van der Waals surface area contributed by atoms with Crippen LogP contribution in [0.25, 0.3) is 0 Å². The van der Waals surface area contributed by atoms with Crippen LogP contribution in [0.3, 0.4) is 0 Å². The Kier molecular flexibility index (Phi) is 4.22. The summed E-state index contributed by atoms with van der Waals surface area (Å²) in [6.07, 6.45) is 0. The van der Waals surface area contributed by atoms with Crippen LogP contribution in [-0.2, 0) is 16.6 Å². The second-order valence-corrected chi connectivity index (χ2v) is 7.99. The number of sulfonamides is 1. The van der Waals surface area contributed by atoms with E-state index in [-0.39, 0.29) is 34.1 Å². The fraction of sp³-hybridized carbons (Fsp3) is 0.0476. The Morgan fingerprint density at radius 1 is 0.667 bits per heavy atom. The zero-order valence-electron chi connectivity index (χ0n) is 14.2. The van der Waals surface area contributed by atoms with Gasteiger partial charge in [0.15, 0.2) is 11.6 Å². The van der Waals surface area contributed by atoms with E-state index in [2.05, 4.69) is 4.72 Å². The Bertz CT molecular complexity index is 1170. The molecule has 1 aliphatic carbocycles. The number of nitrogens with one attached hydrogen (secondary N) is 1. The number of carbonyl (C=O) groups excluding carboxylic acids is 2. The number of benzene rings is 3. The first-order chi connectivity index (χ1) is 13.0. The summed E-state index contributed by atoms with van der Waals surface area (Å²) in [7, 11) is -3.82. The third-order valence-corrected chi connectivity index (χ3v) is 5.91. The van der Waals surface area contributed by atoms with Crippen molar-refractivity contribution in [3.05, 3.63) is 101 Å². The quantitative estimate of drug-likeness (QED) is 0.593. The number of ketones is 2. The van der Waals surface area contributed by atoms with Crippen molar-refractivity contribution in [1.82, 2.24) is 4.72 Å². The lowest BCUT2D eigenvalue weighted by atomic mass is 9.84. The maximum absolute atomic E-state index is 12.7. The summed E-state index contributed by atoms with van der Waals surface area (Å²) in [5, 5.41) is 0. The number of hydrogen-bond donors (Lipinski definition) is 1. The van der Waals surface area contributed by atoms with Gasteiger partial charge in [-0.2, -0.15) is 0 Å². The lowest BCUT2D eigenvalue weighted by molar-refractivity contribution is 0.0979. The Morgan fingerprint density at radius 3 is 1.89 bits per heavy atom. The highest BCUT2D eigenvalue weighted by molar-refractivity contribution is 7.89. The van der Waals surface area contributed by atoms with E-state index < -0.39 is 10.0 Å². The molecule has 0 heterocycles. The number of hydrogen-bond acceptors (Lipinski definition) is 4. The normalized spacial score (nSPS) is 13.2. The molecule has 4 rings (SSSR count). The van der Waals surface area contributed by atoms with Gasteiger partial charge in [-0.1, -0.05) is 54.6 Å². The zero-order valence-corrected chi connectivity index (χ0v) is 15.0. The van der Waals surface area contributed by atoms with Gasteiger partial charge >= 0.3 is 0 Å². The molecule has 0 saturated carbocycles. The number of rotatable bonds is 4. The molecule has 6 heteroatoms. The molecule has 0 bridgehead atoms. The van der Waals surface area contributed by atoms with E-state index in [1.165, 1.54) is 18.2 Å². The van der Waals surface area contributed by atoms with Crippen molar-refractivity contribution in [1.29, 1.82) is 0 Å². The van der Waals surface area contributed by atoms with Crippen LogP contribution < -0.4 is 4.72 Å². The average molecular weight is 377 g/mol. The summed E-state index contributed by atoms with van der Waals surface area (Å²) in [5.41, 5.74) is 1.79. The van der Waals surface area contributed by atoms with Crippen molar-refractivity contribution in [3.63, 3.8) is 0 Å². The molecule has 134 valence electrons. The van der Waals surface area contributed by atoms with Crippen molar-refractivity contribution < 1.29 is 18.0 Å². The Hall–Kier alpha value is -3.09. The lowest BCUT2D eigenvalue weighted by Crippen LogP contribution is -2.25. The molecule has 0 aliphatic heterocycles. The van der Waals surface area contributed by atoms with E-state index in [0.29, 0.717) is 11.1 Å². The molecule has 3 aromatic carbocycles. The van der Waals surface area contributed by atoms with E-state index in [0.717, 1.165) is 5.56 Å². The second-order valence-electron chi connectivity index (χ2n) is 6.22. The van der Waals surface area contributed by atoms with Crippen LogP contribution in [0.15, 0.2) is 77.7 Å². The van der Waals surface area contributed by atoms with Gasteiger partial charge in [-0.25, -0.2) is 13.1 Å². The second kappa shape index (κ2) is 6.57. The molecule has 3 aromatic rings. The van der Waals surface area contributed by atoms with Crippen molar-refractivity contribution in [2.75, 3.05) is 0 Å². The van der Waals surface area contributed by atoms with Crippen LogP contribution in [0, 0.1) is 0 Å². The van der Waals surface area contributed by atoms with Gasteiger partial charge in [-0.3, -0.25) is 9.59 Å². The van der Waals surface area contributed by atoms with Gasteiger partial charge in [0.05, 0.1) is 4.90 Å². The standard InChI is InChI=1S/C21H15NO4S/c23-20-16-8-4-5-9-17(16)21(24)19-12-15(10-11-18(19)20)27(25,26)22-13-14-6-2-1-3-7-14/h1-12,22H,13H2. The molecule has 5 nitrogen and oxygen atoms in total. The minimum atomic E-state index is -3.82. The SMILES string of the molecule is O=C1c2ccccc2C(=O)c2cc(S(=O)(=O)NCc3ccccc3)ccc21. The molecular formula is C21H15NO4S. The summed E-state index contributed by atoms with van der Waals surface area (Å²) < 4.78 is 27.8. The predicted octanol–water partition coefficient (Wildman–Crippen LogP) is 2.94. The van der Waals surface area contributed by atoms with E-state index >= 15 is 0 Å². The van der Waals surface area contributed by atoms with Crippen LogP contribution in [0.4, 0.5) is 0 Å². The molecule has 1 aliphatic rings. The van der Waals surface area contributed by atoms with Gasteiger partial charge in [0.25, 0.3) is 0 Å². The van der Waals surface area contributed by atoms with E-state index in [4.69, 9.17) is 0 Å². The summed E-state index contributed by atoms with van der Waals surface area (Å²) in [5.74, 6) is -0.623. The van der Waals surface area contributed by atoms with E-state index in [9.17, 15) is 18.0 Å². The van der Waals surface area contributed by atoms with E-state index in [1.54, 1.807) is 24.3 Å². The van der Waals surface area contributed by atoms with Crippen LogP contribution in [0.2, 0.25) is 0 Å². The Balaban J connectivity index is 1.68. The highest BCUT2D eigenvalue weighted by Crippen LogP contribution is 2.28. The summed E-state index contributed by atoms with van der Waals surface area (Å²) >= 11 is 0. The molecule has 0 amide bonds. The molecule has 0 saturated heterocycles. The van der Waals surface area contributed by atoms with Gasteiger partial charge in [0.2, 0.25) is 10.0 Å². The number of fused-ring (bicyclic) bond motifs is 2. The van der Waals surface area contributed by atoms with Gasteiger partial charge in [0, 0.05) is 28.8 Å². The topological polar surface area (TPSA) is 80.3 Å². The maximum Gasteiger partial charge on any atom is 0.240 e. The third kappa shape index (κ3) is 3.09. The molecular weight excluding hydrogens is 362 g/mol. The first-order valence-corrected chi connectivity index (χ1v) is 9.82. The number of carbonyl (C=O) groups is 2. The first kappa shape index (κ1) is 17.3. The summed E-state index contributed by atoms with van der Waals surface area (Å²) in [4.78, 5) is 25.3. The van der Waals surface area contributed by atoms with Crippen molar-refractivity contribution in [3.8, 4) is 0 Å². The maximum atomic E-state index is 12.7. The van der Waals surface area contributed by atoms with Gasteiger partial charge < -0.3 is 0 Å². The molecule has 1 N–H and O–H groups in total. The predicted molar refractivity (Wildman–Crippen MR) is 100 cm³/mol. The molecule has 27 heavy (non-hydrogen) atoms. The smallest absolute Gasteiger partial charge is 0.240 e. The van der Waals surface area contributed by atoms with Crippen molar-refractivity contribution >= 4 is 21.6 Å². The van der Waals surface area contributed by atoms with Gasteiger partial charge in [-0.15, -0.1) is 0 Å². The average Bonchev–Trinajstić information content (AvgIpc) is 2.71. The lowest BCUT2D eigenvalue weighted by Gasteiger charge is -2.18. The minimum absolute atomic E-state index is 0.0438.